The van der Waals surface area contributed by atoms with Gasteiger partial charge in [-0.15, -0.1) is 0 Å². The van der Waals surface area contributed by atoms with Crippen molar-refractivity contribution in [2.24, 2.45) is 5.92 Å². The SMILES string of the molecule is Cc1cc(OCC2CC2)c(B2OC(C)(C)C(C)(C)O2)cc1C(C)O. The van der Waals surface area contributed by atoms with Crippen LogP contribution in [0.3, 0.4) is 0 Å². The van der Waals surface area contributed by atoms with Crippen molar-refractivity contribution >= 4 is 12.6 Å². The lowest BCUT2D eigenvalue weighted by atomic mass is 9.76. The standard InChI is InChI=1S/C19H29BO4/c1-12-9-17(22-11-14-7-8-14)16(10-15(12)13(2)21)20-23-18(3,4)19(5,6)24-20/h9-10,13-14,21H,7-8,11H2,1-6H3. The molecule has 0 amide bonds. The van der Waals surface area contributed by atoms with Gasteiger partial charge in [-0.3, -0.25) is 0 Å². The van der Waals surface area contributed by atoms with Gasteiger partial charge in [0.05, 0.1) is 23.9 Å². The fourth-order valence-corrected chi connectivity index (χ4v) is 2.94. The summed E-state index contributed by atoms with van der Waals surface area (Å²) in [5.41, 5.74) is 1.98. The third-order valence-electron chi connectivity index (χ3n) is 5.53. The molecule has 4 nitrogen and oxygen atoms in total. The molecule has 1 aromatic rings. The normalized spacial score (nSPS) is 23.4. The quantitative estimate of drug-likeness (QED) is 0.842. The Kier molecular flexibility index (Phi) is 4.48. The number of hydrogen-bond acceptors (Lipinski definition) is 4. The van der Waals surface area contributed by atoms with E-state index in [1.54, 1.807) is 6.92 Å². The molecule has 1 aromatic carbocycles. The highest BCUT2D eigenvalue weighted by molar-refractivity contribution is 6.63. The molecule has 0 bridgehead atoms. The van der Waals surface area contributed by atoms with Crippen molar-refractivity contribution in [2.45, 2.75) is 71.7 Å². The molecule has 1 atom stereocenters. The van der Waals surface area contributed by atoms with Crippen LogP contribution in [0, 0.1) is 12.8 Å². The van der Waals surface area contributed by atoms with Crippen LogP contribution >= 0.6 is 0 Å². The summed E-state index contributed by atoms with van der Waals surface area (Å²) in [6.07, 6.45) is 1.95. The van der Waals surface area contributed by atoms with Crippen molar-refractivity contribution < 1.29 is 19.2 Å². The number of rotatable bonds is 5. The summed E-state index contributed by atoms with van der Waals surface area (Å²) in [4.78, 5) is 0. The zero-order valence-electron chi connectivity index (χ0n) is 15.7. The number of ether oxygens (including phenoxy) is 1. The molecule has 0 radical (unpaired) electrons. The van der Waals surface area contributed by atoms with Crippen molar-refractivity contribution in [3.8, 4) is 5.75 Å². The van der Waals surface area contributed by atoms with Gasteiger partial charge in [0.2, 0.25) is 0 Å². The van der Waals surface area contributed by atoms with Crippen molar-refractivity contribution in [3.63, 3.8) is 0 Å². The first-order chi connectivity index (χ1) is 11.1. The molecule has 1 heterocycles. The van der Waals surface area contributed by atoms with Crippen molar-refractivity contribution in [1.29, 1.82) is 0 Å². The highest BCUT2D eigenvalue weighted by Crippen LogP contribution is 2.38. The summed E-state index contributed by atoms with van der Waals surface area (Å²) in [5.74, 6) is 1.48. The van der Waals surface area contributed by atoms with Gasteiger partial charge in [-0.25, -0.2) is 0 Å². The maximum Gasteiger partial charge on any atom is 0.498 e. The van der Waals surface area contributed by atoms with E-state index >= 15 is 0 Å². The minimum Gasteiger partial charge on any atom is -0.494 e. The number of aliphatic hydroxyl groups excluding tert-OH is 1. The summed E-state index contributed by atoms with van der Waals surface area (Å²) in [5, 5.41) is 10.1. The van der Waals surface area contributed by atoms with Gasteiger partial charge in [0, 0.05) is 5.46 Å². The van der Waals surface area contributed by atoms with E-state index in [1.165, 1.54) is 12.8 Å². The summed E-state index contributed by atoms with van der Waals surface area (Å²) in [6.45, 7) is 12.7. The van der Waals surface area contributed by atoms with Crippen LogP contribution in [-0.4, -0.2) is 30.0 Å². The van der Waals surface area contributed by atoms with E-state index in [9.17, 15) is 5.11 Å². The molecular formula is C19H29BO4. The lowest BCUT2D eigenvalue weighted by Crippen LogP contribution is -2.41. The van der Waals surface area contributed by atoms with E-state index in [1.807, 2.05) is 46.8 Å². The van der Waals surface area contributed by atoms with Gasteiger partial charge < -0.3 is 19.2 Å². The molecule has 24 heavy (non-hydrogen) atoms. The lowest BCUT2D eigenvalue weighted by Gasteiger charge is -2.32. The molecule has 132 valence electrons. The van der Waals surface area contributed by atoms with Gasteiger partial charge in [-0.05, 0) is 77.5 Å². The lowest BCUT2D eigenvalue weighted by molar-refractivity contribution is 0.00578. The van der Waals surface area contributed by atoms with Crippen LogP contribution in [0.15, 0.2) is 12.1 Å². The van der Waals surface area contributed by atoms with Crippen LogP contribution in [0.2, 0.25) is 0 Å². The molecule has 1 unspecified atom stereocenters. The molecule has 1 saturated carbocycles. The maximum absolute atomic E-state index is 10.1. The monoisotopic (exact) mass is 332 g/mol. The molecule has 1 aliphatic heterocycles. The van der Waals surface area contributed by atoms with E-state index < -0.39 is 24.4 Å². The zero-order valence-corrected chi connectivity index (χ0v) is 15.7. The maximum atomic E-state index is 10.1. The Morgan fingerprint density at radius 3 is 2.29 bits per heavy atom. The highest BCUT2D eigenvalue weighted by Gasteiger charge is 2.52. The third kappa shape index (κ3) is 3.35. The van der Waals surface area contributed by atoms with Crippen LogP contribution in [-0.2, 0) is 9.31 Å². The molecule has 0 aromatic heterocycles. The number of aryl methyl sites for hydroxylation is 1. The van der Waals surface area contributed by atoms with Crippen LogP contribution in [0.25, 0.3) is 0 Å². The van der Waals surface area contributed by atoms with E-state index in [2.05, 4.69) is 0 Å². The second kappa shape index (κ2) is 6.04. The average Bonchev–Trinajstić information content (AvgIpc) is 3.23. The van der Waals surface area contributed by atoms with E-state index in [-0.39, 0.29) is 0 Å². The minimum atomic E-state index is -0.538. The summed E-state index contributed by atoms with van der Waals surface area (Å²) in [7, 11) is -0.484. The molecule has 2 fully saturated rings. The Morgan fingerprint density at radius 2 is 1.79 bits per heavy atom. The first-order valence-corrected chi connectivity index (χ1v) is 8.91. The fourth-order valence-electron chi connectivity index (χ4n) is 2.94. The topological polar surface area (TPSA) is 47.9 Å². The Hall–Kier alpha value is -1.04. The first kappa shape index (κ1) is 17.8. The van der Waals surface area contributed by atoms with Crippen molar-refractivity contribution in [1.82, 2.24) is 0 Å². The smallest absolute Gasteiger partial charge is 0.494 e. The van der Waals surface area contributed by atoms with Crippen LogP contribution in [0.5, 0.6) is 5.75 Å². The molecule has 3 rings (SSSR count). The highest BCUT2D eigenvalue weighted by atomic mass is 16.7. The fraction of sp³-hybridized carbons (Fsp3) is 0.684. The van der Waals surface area contributed by atoms with Crippen LogP contribution in [0.1, 0.15) is 64.7 Å². The van der Waals surface area contributed by atoms with Gasteiger partial charge in [-0.2, -0.15) is 0 Å². The van der Waals surface area contributed by atoms with Crippen LogP contribution < -0.4 is 10.2 Å². The van der Waals surface area contributed by atoms with E-state index in [0.29, 0.717) is 5.92 Å². The average molecular weight is 332 g/mol. The van der Waals surface area contributed by atoms with Gasteiger partial charge in [0.25, 0.3) is 0 Å². The Bertz CT molecular complexity index is 604. The van der Waals surface area contributed by atoms with Gasteiger partial charge in [0.1, 0.15) is 5.75 Å². The number of aliphatic hydroxyl groups is 1. The third-order valence-corrected chi connectivity index (χ3v) is 5.53. The minimum absolute atomic E-state index is 0.401. The number of benzene rings is 1. The van der Waals surface area contributed by atoms with Gasteiger partial charge >= 0.3 is 7.12 Å². The molecule has 0 spiro atoms. The Balaban J connectivity index is 1.95. The second-order valence-corrected chi connectivity index (χ2v) is 8.27. The number of hydrogen-bond donors (Lipinski definition) is 1. The molecular weight excluding hydrogens is 303 g/mol. The van der Waals surface area contributed by atoms with Crippen LogP contribution in [0.4, 0.5) is 0 Å². The molecule has 2 aliphatic rings. The molecule has 1 aliphatic carbocycles. The van der Waals surface area contributed by atoms with E-state index in [4.69, 9.17) is 14.0 Å². The molecule has 5 heteroatoms. The molecule has 1 saturated heterocycles. The van der Waals surface area contributed by atoms with Crippen molar-refractivity contribution in [2.75, 3.05) is 6.61 Å². The predicted molar refractivity (Wildman–Crippen MR) is 95.7 cm³/mol. The van der Waals surface area contributed by atoms with Gasteiger partial charge in [0.15, 0.2) is 0 Å². The van der Waals surface area contributed by atoms with Gasteiger partial charge in [-0.1, -0.05) is 6.07 Å². The summed E-state index contributed by atoms with van der Waals surface area (Å²) < 4.78 is 18.5. The largest absolute Gasteiger partial charge is 0.498 e. The Morgan fingerprint density at radius 1 is 1.21 bits per heavy atom. The molecule has 1 N–H and O–H groups in total. The van der Waals surface area contributed by atoms with E-state index in [0.717, 1.165) is 28.9 Å². The summed E-state index contributed by atoms with van der Waals surface area (Å²) >= 11 is 0. The zero-order chi connectivity index (χ0) is 17.7. The predicted octanol–water partition coefficient (Wildman–Crippen LogP) is 3.14. The summed E-state index contributed by atoms with van der Waals surface area (Å²) in [6, 6.07) is 3.98. The Labute approximate surface area is 145 Å². The second-order valence-electron chi connectivity index (χ2n) is 8.27. The first-order valence-electron chi connectivity index (χ1n) is 8.91. The van der Waals surface area contributed by atoms with Crippen molar-refractivity contribution in [3.05, 3.63) is 23.3 Å².